The normalized spacial score (nSPS) is 10.9. The highest BCUT2D eigenvalue weighted by Crippen LogP contribution is 2.13. The molecule has 1 aromatic carbocycles. The van der Waals surface area contributed by atoms with Crippen LogP contribution in [-0.2, 0) is 6.42 Å². The summed E-state index contributed by atoms with van der Waals surface area (Å²) in [6.07, 6.45) is 8.49. The van der Waals surface area contributed by atoms with E-state index in [1.54, 1.807) is 0 Å². The maximum absolute atomic E-state index is 5.57. The molecular weight excluding hydrogens is 196 g/mol. The van der Waals surface area contributed by atoms with Crippen LogP contribution < -0.4 is 4.74 Å². The molecule has 87 valence electrons. The van der Waals surface area contributed by atoms with E-state index in [0.29, 0.717) is 6.61 Å². The third kappa shape index (κ3) is 5.01. The van der Waals surface area contributed by atoms with Crippen molar-refractivity contribution in [1.82, 2.24) is 0 Å². The highest BCUT2D eigenvalue weighted by Gasteiger charge is 1.94. The first-order valence-electron chi connectivity index (χ1n) is 6.02. The molecule has 1 aromatic rings. The van der Waals surface area contributed by atoms with E-state index in [1.165, 1.54) is 5.56 Å². The van der Waals surface area contributed by atoms with Crippen molar-refractivity contribution in [3.8, 4) is 5.75 Å². The Kier molecular flexibility index (Phi) is 6.39. The second kappa shape index (κ2) is 7.98. The molecule has 0 unspecified atom stereocenters. The molecular formula is C15H21O. The molecule has 0 aromatic heterocycles. The lowest BCUT2D eigenvalue weighted by atomic mass is 10.1. The number of rotatable bonds is 7. The SMILES string of the molecule is [CH2]CCCc1ccc(OC/C=C/CC)cc1. The van der Waals surface area contributed by atoms with Crippen molar-refractivity contribution in [2.75, 3.05) is 6.61 Å². The average Bonchev–Trinajstić information content (AvgIpc) is 2.33. The number of hydrogen-bond acceptors (Lipinski definition) is 1. The largest absolute Gasteiger partial charge is 0.490 e. The minimum atomic E-state index is 0.659. The number of aryl methyl sites for hydroxylation is 1. The van der Waals surface area contributed by atoms with Crippen LogP contribution in [0, 0.1) is 6.92 Å². The summed E-state index contributed by atoms with van der Waals surface area (Å²) in [5.41, 5.74) is 1.36. The van der Waals surface area contributed by atoms with Gasteiger partial charge in [0.25, 0.3) is 0 Å². The van der Waals surface area contributed by atoms with Gasteiger partial charge >= 0.3 is 0 Å². The Morgan fingerprint density at radius 1 is 1.19 bits per heavy atom. The van der Waals surface area contributed by atoms with Crippen molar-refractivity contribution in [3.05, 3.63) is 48.9 Å². The first-order chi connectivity index (χ1) is 7.86. The summed E-state index contributed by atoms with van der Waals surface area (Å²) in [5, 5.41) is 0. The summed E-state index contributed by atoms with van der Waals surface area (Å²) in [7, 11) is 0. The van der Waals surface area contributed by atoms with Crippen molar-refractivity contribution < 1.29 is 4.74 Å². The van der Waals surface area contributed by atoms with Gasteiger partial charge in [0.05, 0.1) is 0 Å². The fourth-order valence-electron chi connectivity index (χ4n) is 1.46. The van der Waals surface area contributed by atoms with Gasteiger partial charge in [-0.3, -0.25) is 0 Å². The smallest absolute Gasteiger partial charge is 0.119 e. The average molecular weight is 217 g/mol. The number of unbranched alkanes of at least 4 members (excludes halogenated alkanes) is 1. The molecule has 0 saturated carbocycles. The Bertz CT molecular complexity index is 298. The second-order valence-corrected chi connectivity index (χ2v) is 3.79. The summed E-state index contributed by atoms with van der Waals surface area (Å²) < 4.78 is 5.57. The van der Waals surface area contributed by atoms with Crippen molar-refractivity contribution in [2.24, 2.45) is 0 Å². The Hall–Kier alpha value is -1.24. The van der Waals surface area contributed by atoms with Crippen molar-refractivity contribution >= 4 is 0 Å². The van der Waals surface area contributed by atoms with Gasteiger partial charge in [0.1, 0.15) is 12.4 Å². The zero-order valence-electron chi connectivity index (χ0n) is 10.1. The third-order valence-corrected chi connectivity index (χ3v) is 2.39. The zero-order chi connectivity index (χ0) is 11.6. The molecule has 0 aliphatic heterocycles. The Morgan fingerprint density at radius 3 is 2.56 bits per heavy atom. The molecule has 0 bridgehead atoms. The second-order valence-electron chi connectivity index (χ2n) is 3.79. The molecule has 1 nitrogen and oxygen atoms in total. The highest BCUT2D eigenvalue weighted by atomic mass is 16.5. The molecule has 1 radical (unpaired) electrons. The fraction of sp³-hybridized carbons (Fsp3) is 0.400. The molecule has 0 atom stereocenters. The highest BCUT2D eigenvalue weighted by molar-refractivity contribution is 5.27. The number of hydrogen-bond donors (Lipinski definition) is 0. The van der Waals surface area contributed by atoms with E-state index < -0.39 is 0 Å². The molecule has 1 rings (SSSR count). The van der Waals surface area contributed by atoms with E-state index in [9.17, 15) is 0 Å². The monoisotopic (exact) mass is 217 g/mol. The Balaban J connectivity index is 2.36. The van der Waals surface area contributed by atoms with E-state index in [0.717, 1.165) is 31.4 Å². The molecule has 0 N–H and O–H groups in total. The number of benzene rings is 1. The van der Waals surface area contributed by atoms with Gasteiger partial charge in [-0.05, 0) is 37.0 Å². The van der Waals surface area contributed by atoms with Crippen LogP contribution in [0.1, 0.15) is 31.7 Å². The minimum absolute atomic E-state index is 0.659. The van der Waals surface area contributed by atoms with Crippen molar-refractivity contribution in [1.29, 1.82) is 0 Å². The van der Waals surface area contributed by atoms with E-state index in [2.05, 4.69) is 38.1 Å². The Labute approximate surface area is 99.1 Å². The van der Waals surface area contributed by atoms with E-state index in [1.807, 2.05) is 12.1 Å². The molecule has 0 amide bonds. The lowest BCUT2D eigenvalue weighted by molar-refractivity contribution is 0.362. The van der Waals surface area contributed by atoms with Crippen LogP contribution >= 0.6 is 0 Å². The van der Waals surface area contributed by atoms with Crippen LogP contribution in [-0.4, -0.2) is 6.61 Å². The number of allylic oxidation sites excluding steroid dienone is 1. The number of ether oxygens (including phenoxy) is 1. The Morgan fingerprint density at radius 2 is 1.94 bits per heavy atom. The van der Waals surface area contributed by atoms with Gasteiger partial charge in [-0.1, -0.05) is 44.6 Å². The predicted octanol–water partition coefficient (Wildman–Crippen LogP) is 4.19. The van der Waals surface area contributed by atoms with Crippen LogP contribution in [0.2, 0.25) is 0 Å². The van der Waals surface area contributed by atoms with E-state index in [-0.39, 0.29) is 0 Å². The summed E-state index contributed by atoms with van der Waals surface area (Å²) in [4.78, 5) is 0. The van der Waals surface area contributed by atoms with Gasteiger partial charge in [0, 0.05) is 0 Å². The molecule has 0 aliphatic carbocycles. The van der Waals surface area contributed by atoms with Crippen LogP contribution in [0.5, 0.6) is 5.75 Å². The topological polar surface area (TPSA) is 9.23 Å². The predicted molar refractivity (Wildman–Crippen MR) is 69.7 cm³/mol. The molecule has 1 heteroatoms. The van der Waals surface area contributed by atoms with E-state index in [4.69, 9.17) is 4.74 Å². The van der Waals surface area contributed by atoms with Gasteiger partial charge in [0.15, 0.2) is 0 Å². The minimum Gasteiger partial charge on any atom is -0.490 e. The molecule has 16 heavy (non-hydrogen) atoms. The molecule has 0 heterocycles. The maximum atomic E-state index is 5.57. The van der Waals surface area contributed by atoms with Gasteiger partial charge < -0.3 is 4.74 Å². The summed E-state index contributed by atoms with van der Waals surface area (Å²) in [6.45, 7) is 6.62. The lowest BCUT2D eigenvalue weighted by Crippen LogP contribution is -1.93. The third-order valence-electron chi connectivity index (χ3n) is 2.39. The van der Waals surface area contributed by atoms with Crippen molar-refractivity contribution in [2.45, 2.75) is 32.6 Å². The zero-order valence-corrected chi connectivity index (χ0v) is 10.1. The first kappa shape index (κ1) is 12.8. The van der Waals surface area contributed by atoms with Gasteiger partial charge in [-0.15, -0.1) is 0 Å². The van der Waals surface area contributed by atoms with Gasteiger partial charge in [-0.2, -0.15) is 0 Å². The fourth-order valence-corrected chi connectivity index (χ4v) is 1.46. The van der Waals surface area contributed by atoms with E-state index >= 15 is 0 Å². The van der Waals surface area contributed by atoms with Crippen LogP contribution in [0.15, 0.2) is 36.4 Å². The first-order valence-corrected chi connectivity index (χ1v) is 6.02. The molecule has 0 saturated heterocycles. The van der Waals surface area contributed by atoms with Gasteiger partial charge in [0.2, 0.25) is 0 Å². The van der Waals surface area contributed by atoms with Crippen LogP contribution in [0.4, 0.5) is 0 Å². The van der Waals surface area contributed by atoms with Gasteiger partial charge in [-0.25, -0.2) is 0 Å². The quantitative estimate of drug-likeness (QED) is 0.622. The summed E-state index contributed by atoms with van der Waals surface area (Å²) in [6, 6.07) is 8.35. The standard InChI is InChI=1S/C15H21O/c1-3-5-7-13-16-15-11-9-14(10-12-15)8-6-4-2/h5,7,9-12H,2-4,6,8,13H2,1H3/b7-5+. The van der Waals surface area contributed by atoms with Crippen LogP contribution in [0.25, 0.3) is 0 Å². The maximum Gasteiger partial charge on any atom is 0.119 e. The summed E-state index contributed by atoms with van der Waals surface area (Å²) in [5.74, 6) is 0.944. The van der Waals surface area contributed by atoms with Crippen LogP contribution in [0.3, 0.4) is 0 Å². The lowest BCUT2D eigenvalue weighted by Gasteiger charge is -2.04. The van der Waals surface area contributed by atoms with Crippen molar-refractivity contribution in [3.63, 3.8) is 0 Å². The molecule has 0 fully saturated rings. The molecule has 0 aliphatic rings. The summed E-state index contributed by atoms with van der Waals surface area (Å²) >= 11 is 0. The molecule has 0 spiro atoms.